The van der Waals surface area contributed by atoms with Crippen molar-refractivity contribution in [3.63, 3.8) is 0 Å². The molecule has 8 heteroatoms. The summed E-state index contributed by atoms with van der Waals surface area (Å²) in [6, 6.07) is 12.3. The second-order valence-corrected chi connectivity index (χ2v) is 6.67. The zero-order valence-electron chi connectivity index (χ0n) is 14.8. The Hall–Kier alpha value is -2.93. The molecule has 1 amide bonds. The number of nitro groups is 1. The van der Waals surface area contributed by atoms with E-state index >= 15 is 0 Å². The molecule has 0 aliphatic rings. The lowest BCUT2D eigenvalue weighted by Crippen LogP contribution is -2.26. The number of amides is 1. The number of rotatable bonds is 7. The van der Waals surface area contributed by atoms with Gasteiger partial charge in [-0.05, 0) is 35.7 Å². The fraction of sp³-hybridized carbons (Fsp3) is 0.263. The molecule has 0 aromatic heterocycles. The number of benzene rings is 2. The summed E-state index contributed by atoms with van der Waals surface area (Å²) in [6.07, 6.45) is 0. The quantitative estimate of drug-likeness (QED) is 0.434. The van der Waals surface area contributed by atoms with Crippen molar-refractivity contribution in [2.24, 2.45) is 5.92 Å². The van der Waals surface area contributed by atoms with Crippen LogP contribution in [0.15, 0.2) is 48.5 Å². The zero-order valence-corrected chi connectivity index (χ0v) is 15.6. The minimum absolute atomic E-state index is 0.0311. The topological polar surface area (TPSA) is 98.5 Å². The molecule has 0 bridgehead atoms. The molecule has 27 heavy (non-hydrogen) atoms. The highest BCUT2D eigenvalue weighted by molar-refractivity contribution is 6.30. The Labute approximate surface area is 161 Å². The van der Waals surface area contributed by atoms with Crippen molar-refractivity contribution < 1.29 is 19.2 Å². The third-order valence-electron chi connectivity index (χ3n) is 3.86. The summed E-state index contributed by atoms with van der Waals surface area (Å²) in [5.74, 6) is -1.59. The van der Waals surface area contributed by atoms with Crippen LogP contribution in [0.5, 0.6) is 0 Å². The normalized spacial score (nSPS) is 11.7. The molecular weight excluding hydrogens is 372 g/mol. The van der Waals surface area contributed by atoms with E-state index in [0.29, 0.717) is 10.7 Å². The van der Waals surface area contributed by atoms with Crippen LogP contribution in [-0.2, 0) is 14.3 Å². The van der Waals surface area contributed by atoms with Crippen LogP contribution in [0.3, 0.4) is 0 Å². The molecule has 0 heterocycles. The third kappa shape index (κ3) is 5.79. The molecule has 2 rings (SSSR count). The summed E-state index contributed by atoms with van der Waals surface area (Å²) in [4.78, 5) is 34.5. The lowest BCUT2D eigenvalue weighted by Gasteiger charge is -2.19. The Balaban J connectivity index is 1.95. The minimum Gasteiger partial charge on any atom is -0.455 e. The van der Waals surface area contributed by atoms with Crippen LogP contribution in [-0.4, -0.2) is 23.4 Å². The first kappa shape index (κ1) is 20.4. The number of nitrogens with zero attached hydrogens (tertiary/aromatic N) is 1. The standard InChI is InChI=1S/C19H19ClN2O5/c1-12(2)18(13-3-5-14(20)6-4-13)19(24)27-11-17(23)21-15-7-9-16(10-8-15)22(25)26/h3-10,12,18H,11H2,1-2H3,(H,21,23)/t18-/m1/s1. The Morgan fingerprint density at radius 3 is 2.22 bits per heavy atom. The fourth-order valence-electron chi connectivity index (χ4n) is 2.55. The maximum absolute atomic E-state index is 12.4. The summed E-state index contributed by atoms with van der Waals surface area (Å²) in [5, 5.41) is 13.7. The first-order chi connectivity index (χ1) is 12.8. The summed E-state index contributed by atoms with van der Waals surface area (Å²) < 4.78 is 5.15. The molecule has 142 valence electrons. The number of halogens is 1. The average molecular weight is 391 g/mol. The third-order valence-corrected chi connectivity index (χ3v) is 4.11. The van der Waals surface area contributed by atoms with Crippen LogP contribution in [0.1, 0.15) is 25.3 Å². The van der Waals surface area contributed by atoms with E-state index in [1.807, 2.05) is 13.8 Å². The minimum atomic E-state index is -0.532. The fourth-order valence-corrected chi connectivity index (χ4v) is 2.68. The first-order valence-corrected chi connectivity index (χ1v) is 8.62. The van der Waals surface area contributed by atoms with Crippen molar-refractivity contribution in [3.8, 4) is 0 Å². The Kier molecular flexibility index (Phi) is 6.90. The summed E-state index contributed by atoms with van der Waals surface area (Å²) in [7, 11) is 0. The van der Waals surface area contributed by atoms with E-state index in [0.717, 1.165) is 5.56 Å². The van der Waals surface area contributed by atoms with Gasteiger partial charge in [0.1, 0.15) is 0 Å². The number of hydrogen-bond acceptors (Lipinski definition) is 5. The van der Waals surface area contributed by atoms with Gasteiger partial charge in [-0.25, -0.2) is 0 Å². The largest absolute Gasteiger partial charge is 0.455 e. The number of nitro benzene ring substituents is 1. The van der Waals surface area contributed by atoms with E-state index in [-0.39, 0.29) is 11.6 Å². The van der Waals surface area contributed by atoms with E-state index in [1.165, 1.54) is 24.3 Å². The number of non-ortho nitro benzene ring substituents is 1. The second-order valence-electron chi connectivity index (χ2n) is 6.23. The molecule has 0 saturated heterocycles. The predicted molar refractivity (Wildman–Crippen MR) is 102 cm³/mol. The van der Waals surface area contributed by atoms with Gasteiger partial charge in [0.2, 0.25) is 0 Å². The van der Waals surface area contributed by atoms with Crippen LogP contribution >= 0.6 is 11.6 Å². The average Bonchev–Trinajstić information content (AvgIpc) is 2.62. The maximum Gasteiger partial charge on any atom is 0.314 e. The van der Waals surface area contributed by atoms with Crippen LogP contribution in [0.4, 0.5) is 11.4 Å². The van der Waals surface area contributed by atoms with Gasteiger partial charge in [0.05, 0.1) is 10.8 Å². The van der Waals surface area contributed by atoms with Gasteiger partial charge in [-0.2, -0.15) is 0 Å². The van der Waals surface area contributed by atoms with Gasteiger partial charge < -0.3 is 10.1 Å². The molecule has 0 fully saturated rings. The maximum atomic E-state index is 12.4. The van der Waals surface area contributed by atoms with Crippen molar-refractivity contribution in [1.82, 2.24) is 0 Å². The van der Waals surface area contributed by atoms with E-state index < -0.39 is 29.3 Å². The predicted octanol–water partition coefficient (Wildman–Crippen LogP) is 4.17. The Bertz CT molecular complexity index is 819. The molecule has 0 spiro atoms. The van der Waals surface area contributed by atoms with Crippen molar-refractivity contribution >= 4 is 34.9 Å². The van der Waals surface area contributed by atoms with Gasteiger partial charge in [-0.15, -0.1) is 0 Å². The van der Waals surface area contributed by atoms with Crippen molar-refractivity contribution in [3.05, 3.63) is 69.2 Å². The van der Waals surface area contributed by atoms with Crippen LogP contribution in [0.25, 0.3) is 0 Å². The molecule has 1 N–H and O–H groups in total. The number of carbonyl (C=O) groups is 2. The molecule has 7 nitrogen and oxygen atoms in total. The summed E-state index contributed by atoms with van der Waals surface area (Å²) >= 11 is 5.88. The SMILES string of the molecule is CC(C)[C@@H](C(=O)OCC(=O)Nc1ccc([N+](=O)[O-])cc1)c1ccc(Cl)cc1. The van der Waals surface area contributed by atoms with Gasteiger partial charge in [0, 0.05) is 22.8 Å². The lowest BCUT2D eigenvalue weighted by molar-refractivity contribution is -0.384. The van der Waals surface area contributed by atoms with Gasteiger partial charge >= 0.3 is 5.97 Å². The molecule has 1 atom stereocenters. The van der Waals surface area contributed by atoms with Crippen molar-refractivity contribution in [2.45, 2.75) is 19.8 Å². The van der Waals surface area contributed by atoms with Gasteiger partial charge in [-0.1, -0.05) is 37.6 Å². The molecule has 0 aliphatic heterocycles. The van der Waals surface area contributed by atoms with E-state index in [9.17, 15) is 19.7 Å². The van der Waals surface area contributed by atoms with Crippen LogP contribution < -0.4 is 5.32 Å². The molecule has 0 unspecified atom stereocenters. The van der Waals surface area contributed by atoms with E-state index in [4.69, 9.17) is 16.3 Å². The number of nitrogens with one attached hydrogen (secondary N) is 1. The molecule has 0 aliphatic carbocycles. The molecule has 0 radical (unpaired) electrons. The molecule has 0 saturated carbocycles. The Morgan fingerprint density at radius 1 is 1.11 bits per heavy atom. The number of ether oxygens (including phenoxy) is 1. The van der Waals surface area contributed by atoms with Gasteiger partial charge in [0.15, 0.2) is 6.61 Å². The van der Waals surface area contributed by atoms with E-state index in [2.05, 4.69) is 5.32 Å². The number of carbonyl (C=O) groups excluding carboxylic acids is 2. The number of hydrogen-bond donors (Lipinski definition) is 1. The second kappa shape index (κ2) is 9.14. The highest BCUT2D eigenvalue weighted by Crippen LogP contribution is 2.27. The zero-order chi connectivity index (χ0) is 20.0. The first-order valence-electron chi connectivity index (χ1n) is 8.24. The van der Waals surface area contributed by atoms with Crippen molar-refractivity contribution in [1.29, 1.82) is 0 Å². The monoisotopic (exact) mass is 390 g/mol. The van der Waals surface area contributed by atoms with Gasteiger partial charge in [0.25, 0.3) is 11.6 Å². The summed E-state index contributed by atoms with van der Waals surface area (Å²) in [5.41, 5.74) is 1.05. The molecule has 2 aromatic rings. The van der Waals surface area contributed by atoms with Crippen LogP contribution in [0, 0.1) is 16.0 Å². The number of anilines is 1. The highest BCUT2D eigenvalue weighted by Gasteiger charge is 2.26. The highest BCUT2D eigenvalue weighted by atomic mass is 35.5. The lowest BCUT2D eigenvalue weighted by atomic mass is 9.88. The summed E-state index contributed by atoms with van der Waals surface area (Å²) in [6.45, 7) is 3.32. The van der Waals surface area contributed by atoms with Gasteiger partial charge in [-0.3, -0.25) is 19.7 Å². The van der Waals surface area contributed by atoms with Crippen LogP contribution in [0.2, 0.25) is 5.02 Å². The Morgan fingerprint density at radius 2 is 1.70 bits per heavy atom. The number of esters is 1. The van der Waals surface area contributed by atoms with E-state index in [1.54, 1.807) is 24.3 Å². The smallest absolute Gasteiger partial charge is 0.314 e. The van der Waals surface area contributed by atoms with Crippen molar-refractivity contribution in [2.75, 3.05) is 11.9 Å². The molecule has 2 aromatic carbocycles. The molecular formula is C19H19ClN2O5.